The Morgan fingerprint density at radius 2 is 2.12 bits per heavy atom. The van der Waals surface area contributed by atoms with Gasteiger partial charge in [0.1, 0.15) is 5.76 Å². The van der Waals surface area contributed by atoms with Gasteiger partial charge >= 0.3 is 0 Å². The van der Waals surface area contributed by atoms with Gasteiger partial charge in [0.05, 0.1) is 5.69 Å². The predicted molar refractivity (Wildman–Crippen MR) is 107 cm³/mol. The molecule has 1 aromatic rings. The normalized spacial score (nSPS) is 21.4. The van der Waals surface area contributed by atoms with Crippen LogP contribution in [0.15, 0.2) is 21.7 Å². The molecule has 3 heterocycles. The van der Waals surface area contributed by atoms with E-state index in [4.69, 9.17) is 4.52 Å². The standard InChI is InChI=1S/C17H27N5O.HI/c1-13-16(14(2)23-20-13)6-8-19-17(18-3)22-11-7-15(12-22)21-9-4-5-10-21;/h4-5,15H,6-12H2,1-3H3,(H,18,19);1H. The molecule has 0 spiro atoms. The van der Waals surface area contributed by atoms with Gasteiger partial charge in [-0.1, -0.05) is 17.3 Å². The molecular formula is C17H28IN5O. The van der Waals surface area contributed by atoms with E-state index in [1.165, 1.54) is 12.0 Å². The van der Waals surface area contributed by atoms with Crippen LogP contribution < -0.4 is 5.32 Å². The highest BCUT2D eigenvalue weighted by atomic mass is 127. The largest absolute Gasteiger partial charge is 0.361 e. The minimum absolute atomic E-state index is 0. The van der Waals surface area contributed by atoms with Gasteiger partial charge in [-0.15, -0.1) is 24.0 Å². The summed E-state index contributed by atoms with van der Waals surface area (Å²) in [6.07, 6.45) is 6.65. The van der Waals surface area contributed by atoms with E-state index in [9.17, 15) is 0 Å². The highest BCUT2D eigenvalue weighted by Gasteiger charge is 2.29. The van der Waals surface area contributed by atoms with Gasteiger partial charge in [0.15, 0.2) is 5.96 Å². The number of rotatable bonds is 4. The van der Waals surface area contributed by atoms with Crippen molar-refractivity contribution in [2.45, 2.75) is 32.7 Å². The summed E-state index contributed by atoms with van der Waals surface area (Å²) in [6.45, 7) is 9.14. The van der Waals surface area contributed by atoms with Crippen LogP contribution in [-0.4, -0.2) is 66.7 Å². The number of hydrogen-bond acceptors (Lipinski definition) is 4. The number of aliphatic imine (C=N–C) groups is 1. The highest BCUT2D eigenvalue weighted by molar-refractivity contribution is 14.0. The molecular weight excluding hydrogens is 417 g/mol. The molecule has 0 amide bonds. The van der Waals surface area contributed by atoms with Crippen molar-refractivity contribution < 1.29 is 4.52 Å². The summed E-state index contributed by atoms with van der Waals surface area (Å²) in [6, 6.07) is 0.645. The van der Waals surface area contributed by atoms with Crippen molar-refractivity contribution in [3.05, 3.63) is 29.2 Å². The van der Waals surface area contributed by atoms with Crippen molar-refractivity contribution in [2.75, 3.05) is 39.8 Å². The molecule has 1 saturated heterocycles. The van der Waals surface area contributed by atoms with Crippen molar-refractivity contribution in [1.82, 2.24) is 20.3 Å². The second kappa shape index (κ2) is 8.84. The van der Waals surface area contributed by atoms with E-state index >= 15 is 0 Å². The third kappa shape index (κ3) is 4.30. The van der Waals surface area contributed by atoms with Crippen molar-refractivity contribution in [1.29, 1.82) is 0 Å². The molecule has 1 fully saturated rings. The molecule has 0 aliphatic carbocycles. The predicted octanol–water partition coefficient (Wildman–Crippen LogP) is 1.97. The maximum atomic E-state index is 5.22. The first-order chi connectivity index (χ1) is 11.2. The molecule has 1 unspecified atom stereocenters. The average Bonchev–Trinajstić information content (AvgIpc) is 3.27. The molecule has 1 N–H and O–H groups in total. The van der Waals surface area contributed by atoms with E-state index < -0.39 is 0 Å². The lowest BCUT2D eigenvalue weighted by atomic mass is 10.1. The van der Waals surface area contributed by atoms with E-state index in [1.54, 1.807) is 0 Å². The van der Waals surface area contributed by atoms with E-state index in [-0.39, 0.29) is 24.0 Å². The molecule has 2 aliphatic heterocycles. The van der Waals surface area contributed by atoms with E-state index in [0.29, 0.717) is 6.04 Å². The molecule has 6 nitrogen and oxygen atoms in total. The Kier molecular flexibility index (Phi) is 7.09. The Morgan fingerprint density at radius 3 is 2.75 bits per heavy atom. The van der Waals surface area contributed by atoms with Crippen LogP contribution in [0, 0.1) is 13.8 Å². The van der Waals surface area contributed by atoms with Crippen LogP contribution in [-0.2, 0) is 6.42 Å². The van der Waals surface area contributed by atoms with Gasteiger partial charge in [-0.3, -0.25) is 9.89 Å². The quantitative estimate of drug-likeness (QED) is 0.333. The Morgan fingerprint density at radius 1 is 1.38 bits per heavy atom. The van der Waals surface area contributed by atoms with E-state index in [1.807, 2.05) is 20.9 Å². The third-order valence-electron chi connectivity index (χ3n) is 4.88. The summed E-state index contributed by atoms with van der Waals surface area (Å²) in [5.74, 6) is 1.92. The number of nitrogens with one attached hydrogen (secondary N) is 1. The zero-order chi connectivity index (χ0) is 16.2. The highest BCUT2D eigenvalue weighted by Crippen LogP contribution is 2.18. The first-order valence-corrected chi connectivity index (χ1v) is 8.45. The lowest BCUT2D eigenvalue weighted by Crippen LogP contribution is -2.43. The van der Waals surface area contributed by atoms with Gasteiger partial charge in [-0.25, -0.2) is 0 Å². The van der Waals surface area contributed by atoms with Crippen molar-refractivity contribution >= 4 is 29.9 Å². The smallest absolute Gasteiger partial charge is 0.193 e. The monoisotopic (exact) mass is 445 g/mol. The average molecular weight is 445 g/mol. The fourth-order valence-corrected chi connectivity index (χ4v) is 3.52. The number of aryl methyl sites for hydroxylation is 2. The maximum absolute atomic E-state index is 5.22. The molecule has 0 radical (unpaired) electrons. The van der Waals surface area contributed by atoms with Gasteiger partial charge in [0, 0.05) is 51.4 Å². The third-order valence-corrected chi connectivity index (χ3v) is 4.88. The van der Waals surface area contributed by atoms with Crippen LogP contribution in [0.1, 0.15) is 23.4 Å². The molecule has 1 atom stereocenters. The lowest BCUT2D eigenvalue weighted by Gasteiger charge is -2.25. The summed E-state index contributed by atoms with van der Waals surface area (Å²) < 4.78 is 5.22. The molecule has 3 rings (SSSR count). The van der Waals surface area contributed by atoms with Crippen LogP contribution in [0.2, 0.25) is 0 Å². The number of hydrogen-bond donors (Lipinski definition) is 1. The first-order valence-electron chi connectivity index (χ1n) is 8.45. The summed E-state index contributed by atoms with van der Waals surface area (Å²) in [7, 11) is 1.86. The second-order valence-corrected chi connectivity index (χ2v) is 6.34. The molecule has 7 heteroatoms. The Bertz CT molecular complexity index is 570. The zero-order valence-corrected chi connectivity index (χ0v) is 17.1. The maximum Gasteiger partial charge on any atom is 0.193 e. The summed E-state index contributed by atoms with van der Waals surface area (Å²) >= 11 is 0. The summed E-state index contributed by atoms with van der Waals surface area (Å²) in [5, 5.41) is 7.50. The Hall–Kier alpha value is -1.09. The first kappa shape index (κ1) is 19.2. The molecule has 1 aromatic heterocycles. The molecule has 0 aromatic carbocycles. The van der Waals surface area contributed by atoms with Gasteiger partial charge in [-0.05, 0) is 26.7 Å². The number of guanidine groups is 1. The van der Waals surface area contributed by atoms with Gasteiger partial charge in [0.2, 0.25) is 0 Å². The minimum atomic E-state index is 0. The van der Waals surface area contributed by atoms with Gasteiger partial charge < -0.3 is 14.7 Å². The molecule has 24 heavy (non-hydrogen) atoms. The molecule has 134 valence electrons. The van der Waals surface area contributed by atoms with Crippen LogP contribution in [0.5, 0.6) is 0 Å². The van der Waals surface area contributed by atoms with Crippen molar-refractivity contribution in [2.24, 2.45) is 4.99 Å². The van der Waals surface area contributed by atoms with E-state index in [0.717, 1.165) is 56.6 Å². The number of halogens is 1. The molecule has 2 aliphatic rings. The van der Waals surface area contributed by atoms with Gasteiger partial charge in [0.25, 0.3) is 0 Å². The van der Waals surface area contributed by atoms with E-state index in [2.05, 4.69) is 37.4 Å². The minimum Gasteiger partial charge on any atom is -0.361 e. The van der Waals surface area contributed by atoms with Crippen LogP contribution in [0.25, 0.3) is 0 Å². The Balaban J connectivity index is 0.00000208. The second-order valence-electron chi connectivity index (χ2n) is 6.34. The van der Waals surface area contributed by atoms with Crippen molar-refractivity contribution in [3.63, 3.8) is 0 Å². The summed E-state index contributed by atoms with van der Waals surface area (Å²) in [5.41, 5.74) is 2.19. The fraction of sp³-hybridized carbons (Fsp3) is 0.647. The molecule has 0 bridgehead atoms. The number of likely N-dealkylation sites (tertiary alicyclic amines) is 1. The lowest BCUT2D eigenvalue weighted by molar-refractivity contribution is 0.259. The SMILES string of the molecule is CN=C(NCCc1c(C)noc1C)N1CCC(N2CC=CC2)C1.I. The summed E-state index contributed by atoms with van der Waals surface area (Å²) in [4.78, 5) is 9.36. The van der Waals surface area contributed by atoms with Crippen LogP contribution in [0.4, 0.5) is 0 Å². The van der Waals surface area contributed by atoms with Crippen molar-refractivity contribution in [3.8, 4) is 0 Å². The number of nitrogens with zero attached hydrogens (tertiary/aromatic N) is 4. The molecule has 0 saturated carbocycles. The van der Waals surface area contributed by atoms with Gasteiger partial charge in [-0.2, -0.15) is 0 Å². The number of aromatic nitrogens is 1. The fourth-order valence-electron chi connectivity index (χ4n) is 3.52. The van der Waals surface area contributed by atoms with Crippen LogP contribution >= 0.6 is 24.0 Å². The topological polar surface area (TPSA) is 56.9 Å². The Labute approximate surface area is 161 Å². The van der Waals surface area contributed by atoms with Crippen LogP contribution in [0.3, 0.4) is 0 Å². The zero-order valence-electron chi connectivity index (χ0n) is 14.8.